The Hall–Kier alpha value is -0.120. The lowest BCUT2D eigenvalue weighted by molar-refractivity contribution is 0.0549. The summed E-state index contributed by atoms with van der Waals surface area (Å²) >= 11 is 0. The molecular formula is C14H29NO2. The molecule has 1 fully saturated rings. The molecule has 0 aromatic carbocycles. The molecule has 0 saturated heterocycles. The van der Waals surface area contributed by atoms with Gasteiger partial charge in [-0.05, 0) is 44.6 Å². The first-order chi connectivity index (χ1) is 8.31. The first-order valence-electron chi connectivity index (χ1n) is 7.05. The van der Waals surface area contributed by atoms with Crippen LogP contribution in [0.4, 0.5) is 0 Å². The summed E-state index contributed by atoms with van der Waals surface area (Å²) < 4.78 is 10.6. The molecule has 1 aliphatic carbocycles. The van der Waals surface area contributed by atoms with Crippen LogP contribution in [0.2, 0.25) is 0 Å². The lowest BCUT2D eigenvalue weighted by Crippen LogP contribution is -2.39. The fourth-order valence-electron chi connectivity index (χ4n) is 2.91. The van der Waals surface area contributed by atoms with Crippen LogP contribution in [-0.2, 0) is 9.47 Å². The van der Waals surface area contributed by atoms with E-state index in [2.05, 4.69) is 19.3 Å². The van der Waals surface area contributed by atoms with Crippen LogP contribution in [0.1, 0.15) is 39.0 Å². The van der Waals surface area contributed by atoms with Gasteiger partial charge in [0.1, 0.15) is 0 Å². The summed E-state index contributed by atoms with van der Waals surface area (Å²) in [5.74, 6) is 1.73. The fraction of sp³-hybridized carbons (Fsp3) is 1.00. The van der Waals surface area contributed by atoms with Crippen molar-refractivity contribution in [1.29, 1.82) is 0 Å². The molecule has 3 heteroatoms. The first kappa shape index (κ1) is 14.9. The molecule has 3 atom stereocenters. The van der Waals surface area contributed by atoms with E-state index in [9.17, 15) is 0 Å². The Morgan fingerprint density at radius 3 is 2.65 bits per heavy atom. The van der Waals surface area contributed by atoms with Crippen LogP contribution in [0.25, 0.3) is 0 Å². The highest BCUT2D eigenvalue weighted by Crippen LogP contribution is 2.33. The molecule has 0 bridgehead atoms. The van der Waals surface area contributed by atoms with Gasteiger partial charge in [-0.2, -0.15) is 0 Å². The summed E-state index contributed by atoms with van der Waals surface area (Å²) in [5, 5.41) is 3.47. The highest BCUT2D eigenvalue weighted by atomic mass is 16.5. The highest BCUT2D eigenvalue weighted by Gasteiger charge is 2.28. The largest absolute Gasteiger partial charge is 0.382 e. The van der Waals surface area contributed by atoms with E-state index in [0.717, 1.165) is 25.0 Å². The standard InChI is InChI=1S/C14H29NO2/c1-4-12-5-6-14(15-2)13(11-12)7-8-17-10-9-16-3/h12-15H,4-11H2,1-3H3. The lowest BCUT2D eigenvalue weighted by atomic mass is 9.76. The molecule has 0 heterocycles. The van der Waals surface area contributed by atoms with E-state index in [1.54, 1.807) is 7.11 Å². The van der Waals surface area contributed by atoms with E-state index < -0.39 is 0 Å². The molecule has 0 spiro atoms. The van der Waals surface area contributed by atoms with Crippen molar-refractivity contribution in [1.82, 2.24) is 5.32 Å². The Bertz CT molecular complexity index is 187. The van der Waals surface area contributed by atoms with Crippen molar-refractivity contribution in [3.05, 3.63) is 0 Å². The average Bonchev–Trinajstić information content (AvgIpc) is 2.38. The number of ether oxygens (including phenoxy) is 2. The molecule has 0 aromatic rings. The summed E-state index contributed by atoms with van der Waals surface area (Å²) in [6.07, 6.45) is 6.61. The molecule has 0 radical (unpaired) electrons. The second-order valence-corrected chi connectivity index (χ2v) is 5.14. The number of rotatable bonds is 8. The molecule has 1 N–H and O–H groups in total. The van der Waals surface area contributed by atoms with Gasteiger partial charge in [0.15, 0.2) is 0 Å². The minimum absolute atomic E-state index is 0.698. The zero-order chi connectivity index (χ0) is 12.5. The minimum atomic E-state index is 0.698. The molecule has 0 aromatic heterocycles. The quantitative estimate of drug-likeness (QED) is 0.664. The van der Waals surface area contributed by atoms with Crippen LogP contribution < -0.4 is 5.32 Å². The van der Waals surface area contributed by atoms with Gasteiger partial charge in [0.05, 0.1) is 13.2 Å². The van der Waals surface area contributed by atoms with Crippen molar-refractivity contribution in [2.45, 2.75) is 45.1 Å². The van der Waals surface area contributed by atoms with Gasteiger partial charge in [-0.15, -0.1) is 0 Å². The number of methoxy groups -OCH3 is 1. The van der Waals surface area contributed by atoms with E-state index in [0.29, 0.717) is 12.6 Å². The summed E-state index contributed by atoms with van der Waals surface area (Å²) in [6, 6.07) is 0.698. The summed E-state index contributed by atoms with van der Waals surface area (Å²) in [5.41, 5.74) is 0. The van der Waals surface area contributed by atoms with Crippen molar-refractivity contribution in [3.63, 3.8) is 0 Å². The number of hydrogen-bond acceptors (Lipinski definition) is 3. The molecular weight excluding hydrogens is 214 g/mol. The minimum Gasteiger partial charge on any atom is -0.382 e. The van der Waals surface area contributed by atoms with Gasteiger partial charge in [-0.3, -0.25) is 0 Å². The van der Waals surface area contributed by atoms with Crippen molar-refractivity contribution >= 4 is 0 Å². The zero-order valence-electron chi connectivity index (χ0n) is 11.7. The summed E-state index contributed by atoms with van der Waals surface area (Å²) in [6.45, 7) is 4.63. The van der Waals surface area contributed by atoms with E-state index in [1.807, 2.05) is 0 Å². The monoisotopic (exact) mass is 243 g/mol. The molecule has 1 saturated carbocycles. The topological polar surface area (TPSA) is 30.5 Å². The Kier molecular flexibility index (Phi) is 7.82. The van der Waals surface area contributed by atoms with Crippen molar-refractivity contribution in [2.75, 3.05) is 34.0 Å². The van der Waals surface area contributed by atoms with Gasteiger partial charge in [0, 0.05) is 19.8 Å². The third-order valence-corrected chi connectivity index (χ3v) is 4.10. The summed E-state index contributed by atoms with van der Waals surface area (Å²) in [7, 11) is 3.81. The van der Waals surface area contributed by atoms with E-state index in [4.69, 9.17) is 9.47 Å². The smallest absolute Gasteiger partial charge is 0.0700 e. The Morgan fingerprint density at radius 1 is 1.18 bits per heavy atom. The van der Waals surface area contributed by atoms with Gasteiger partial charge in [0.25, 0.3) is 0 Å². The van der Waals surface area contributed by atoms with Gasteiger partial charge >= 0.3 is 0 Å². The van der Waals surface area contributed by atoms with Crippen LogP contribution >= 0.6 is 0 Å². The maximum atomic E-state index is 5.59. The van der Waals surface area contributed by atoms with Gasteiger partial charge in [-0.25, -0.2) is 0 Å². The second-order valence-electron chi connectivity index (χ2n) is 5.14. The molecule has 0 amide bonds. The SMILES string of the molecule is CCC1CCC(NC)C(CCOCCOC)C1. The highest BCUT2D eigenvalue weighted by molar-refractivity contribution is 4.83. The van der Waals surface area contributed by atoms with Crippen molar-refractivity contribution in [2.24, 2.45) is 11.8 Å². The van der Waals surface area contributed by atoms with Gasteiger partial charge < -0.3 is 14.8 Å². The normalized spacial score (nSPS) is 29.5. The van der Waals surface area contributed by atoms with Gasteiger partial charge in [-0.1, -0.05) is 13.3 Å². The van der Waals surface area contributed by atoms with Crippen LogP contribution in [-0.4, -0.2) is 40.0 Å². The molecule has 17 heavy (non-hydrogen) atoms. The number of nitrogens with one attached hydrogen (secondary N) is 1. The van der Waals surface area contributed by atoms with Crippen molar-refractivity contribution < 1.29 is 9.47 Å². The first-order valence-corrected chi connectivity index (χ1v) is 7.05. The molecule has 102 valence electrons. The van der Waals surface area contributed by atoms with Crippen LogP contribution in [0.5, 0.6) is 0 Å². The van der Waals surface area contributed by atoms with Crippen molar-refractivity contribution in [3.8, 4) is 0 Å². The average molecular weight is 243 g/mol. The lowest BCUT2D eigenvalue weighted by Gasteiger charge is -2.35. The predicted molar refractivity (Wildman–Crippen MR) is 71.3 cm³/mol. The predicted octanol–water partition coefficient (Wildman–Crippen LogP) is 2.45. The van der Waals surface area contributed by atoms with Crippen LogP contribution in [0.3, 0.4) is 0 Å². The fourth-order valence-corrected chi connectivity index (χ4v) is 2.91. The Balaban J connectivity index is 2.21. The Morgan fingerprint density at radius 2 is 2.00 bits per heavy atom. The number of hydrogen-bond donors (Lipinski definition) is 1. The van der Waals surface area contributed by atoms with E-state index in [-0.39, 0.29) is 0 Å². The van der Waals surface area contributed by atoms with E-state index >= 15 is 0 Å². The zero-order valence-corrected chi connectivity index (χ0v) is 11.7. The molecule has 1 aliphatic rings. The third kappa shape index (κ3) is 5.36. The second kappa shape index (κ2) is 8.90. The third-order valence-electron chi connectivity index (χ3n) is 4.10. The van der Waals surface area contributed by atoms with Crippen LogP contribution in [0, 0.1) is 11.8 Å². The molecule has 1 rings (SSSR count). The molecule has 3 nitrogen and oxygen atoms in total. The Labute approximate surface area is 106 Å². The van der Waals surface area contributed by atoms with E-state index in [1.165, 1.54) is 32.1 Å². The van der Waals surface area contributed by atoms with Crippen LogP contribution in [0.15, 0.2) is 0 Å². The maximum absolute atomic E-state index is 5.59. The summed E-state index contributed by atoms with van der Waals surface area (Å²) in [4.78, 5) is 0. The maximum Gasteiger partial charge on any atom is 0.0700 e. The van der Waals surface area contributed by atoms with Gasteiger partial charge in [0.2, 0.25) is 0 Å². The molecule has 3 unspecified atom stereocenters. The molecule has 0 aliphatic heterocycles.